The van der Waals surface area contributed by atoms with E-state index in [9.17, 15) is 18.7 Å². The lowest BCUT2D eigenvalue weighted by Gasteiger charge is -2.11. The van der Waals surface area contributed by atoms with Crippen molar-refractivity contribution in [2.75, 3.05) is 6.54 Å². The number of phenols is 1. The second-order valence-corrected chi connectivity index (χ2v) is 4.52. The lowest BCUT2D eigenvalue weighted by Crippen LogP contribution is -2.35. The van der Waals surface area contributed by atoms with Crippen LogP contribution in [0, 0.1) is 3.57 Å². The number of carbonyl (C=O) groups excluding carboxylic acids is 1. The van der Waals surface area contributed by atoms with Gasteiger partial charge in [-0.1, -0.05) is 0 Å². The van der Waals surface area contributed by atoms with Crippen LogP contribution in [0.5, 0.6) is 5.75 Å². The van der Waals surface area contributed by atoms with Crippen LogP contribution in [0.1, 0.15) is 10.4 Å². The molecule has 3 N–H and O–H groups in total. The van der Waals surface area contributed by atoms with Gasteiger partial charge in [-0.05, 0) is 40.8 Å². The summed E-state index contributed by atoms with van der Waals surface area (Å²) in [6, 6.07) is 4.35. The summed E-state index contributed by atoms with van der Waals surface area (Å²) >= 11 is 1.95. The Morgan fingerprint density at radius 2 is 2.12 bits per heavy atom. The molecule has 1 rings (SSSR count). The maximum atomic E-state index is 12.0. The minimum absolute atomic E-state index is 0.0154. The third-order valence-electron chi connectivity index (χ3n) is 1.97. The first kappa shape index (κ1) is 14.1. The smallest absolute Gasteiger partial charge is 0.265 e. The summed E-state index contributed by atoms with van der Waals surface area (Å²) in [6.07, 6.45) is -4.83. The molecule has 0 aromatic heterocycles. The highest BCUT2D eigenvalue weighted by Crippen LogP contribution is 2.19. The highest BCUT2D eigenvalue weighted by atomic mass is 127. The average molecular weight is 357 g/mol. The van der Waals surface area contributed by atoms with Gasteiger partial charge < -0.3 is 15.5 Å². The minimum Gasteiger partial charge on any atom is -0.507 e. The van der Waals surface area contributed by atoms with Gasteiger partial charge in [0.1, 0.15) is 11.9 Å². The monoisotopic (exact) mass is 357 g/mol. The molecule has 94 valence electrons. The van der Waals surface area contributed by atoms with Crippen molar-refractivity contribution in [2.24, 2.45) is 0 Å². The SMILES string of the molecule is O=C(NCC(O)C(F)F)c1cc(I)ccc1O. The molecule has 1 aromatic rings. The Bertz CT molecular complexity index is 415. The van der Waals surface area contributed by atoms with E-state index < -0.39 is 25.0 Å². The van der Waals surface area contributed by atoms with Crippen molar-refractivity contribution in [1.29, 1.82) is 0 Å². The highest BCUT2D eigenvalue weighted by molar-refractivity contribution is 14.1. The van der Waals surface area contributed by atoms with Gasteiger partial charge in [-0.2, -0.15) is 0 Å². The van der Waals surface area contributed by atoms with E-state index in [1.807, 2.05) is 22.6 Å². The lowest BCUT2D eigenvalue weighted by atomic mass is 10.2. The maximum Gasteiger partial charge on any atom is 0.265 e. The molecular formula is C10H10F2INO3. The van der Waals surface area contributed by atoms with Gasteiger partial charge in [0.25, 0.3) is 12.3 Å². The maximum absolute atomic E-state index is 12.0. The zero-order valence-corrected chi connectivity index (χ0v) is 10.7. The molecule has 1 aromatic carbocycles. The Balaban J connectivity index is 2.67. The van der Waals surface area contributed by atoms with Crippen LogP contribution in [0.3, 0.4) is 0 Å². The van der Waals surface area contributed by atoms with Crippen LogP contribution in [0.4, 0.5) is 8.78 Å². The first-order valence-corrected chi connectivity index (χ1v) is 5.72. The lowest BCUT2D eigenvalue weighted by molar-refractivity contribution is -0.00271. The van der Waals surface area contributed by atoms with Crippen molar-refractivity contribution in [1.82, 2.24) is 5.32 Å². The van der Waals surface area contributed by atoms with Crippen molar-refractivity contribution in [3.8, 4) is 5.75 Å². The molecule has 1 unspecified atom stereocenters. The fourth-order valence-corrected chi connectivity index (χ4v) is 1.56. The average Bonchev–Trinajstić information content (AvgIpc) is 2.28. The van der Waals surface area contributed by atoms with Crippen molar-refractivity contribution in [3.63, 3.8) is 0 Å². The number of alkyl halides is 2. The van der Waals surface area contributed by atoms with Gasteiger partial charge in [0.15, 0.2) is 0 Å². The summed E-state index contributed by atoms with van der Waals surface area (Å²) < 4.78 is 24.7. The Hall–Kier alpha value is -0.960. The number of aromatic hydroxyl groups is 1. The van der Waals surface area contributed by atoms with Gasteiger partial charge in [0, 0.05) is 10.1 Å². The molecule has 1 atom stereocenters. The number of phenolic OH excluding ortho intramolecular Hbond substituents is 1. The van der Waals surface area contributed by atoms with E-state index in [0.29, 0.717) is 0 Å². The Labute approximate surface area is 110 Å². The van der Waals surface area contributed by atoms with Crippen LogP contribution >= 0.6 is 22.6 Å². The number of aliphatic hydroxyl groups is 1. The summed E-state index contributed by atoms with van der Waals surface area (Å²) in [5.74, 6) is -0.949. The van der Waals surface area contributed by atoms with Crippen LogP contribution in [0.25, 0.3) is 0 Å². The Morgan fingerprint density at radius 1 is 1.47 bits per heavy atom. The molecule has 0 bridgehead atoms. The molecule has 0 aliphatic rings. The number of amides is 1. The fourth-order valence-electron chi connectivity index (χ4n) is 1.07. The summed E-state index contributed by atoms with van der Waals surface area (Å²) in [4.78, 5) is 11.5. The van der Waals surface area contributed by atoms with Crippen LogP contribution in [-0.4, -0.2) is 35.2 Å². The van der Waals surface area contributed by atoms with E-state index in [0.717, 1.165) is 3.57 Å². The summed E-state index contributed by atoms with van der Waals surface area (Å²) in [7, 11) is 0. The molecule has 17 heavy (non-hydrogen) atoms. The highest BCUT2D eigenvalue weighted by Gasteiger charge is 2.19. The van der Waals surface area contributed by atoms with Gasteiger partial charge in [0.2, 0.25) is 0 Å². The minimum atomic E-state index is -2.92. The molecule has 0 heterocycles. The molecule has 0 saturated heterocycles. The zero-order chi connectivity index (χ0) is 13.0. The summed E-state index contributed by atoms with van der Waals surface area (Å²) in [5, 5.41) is 20.3. The number of halogens is 3. The van der Waals surface area contributed by atoms with Gasteiger partial charge in [0.05, 0.1) is 5.56 Å². The van der Waals surface area contributed by atoms with Crippen molar-refractivity contribution >= 4 is 28.5 Å². The summed E-state index contributed by atoms with van der Waals surface area (Å²) in [5.41, 5.74) is -0.0154. The van der Waals surface area contributed by atoms with Crippen molar-refractivity contribution in [3.05, 3.63) is 27.3 Å². The first-order chi connectivity index (χ1) is 7.91. The number of carbonyl (C=O) groups is 1. The van der Waals surface area contributed by atoms with E-state index in [1.54, 1.807) is 6.07 Å². The molecule has 0 fully saturated rings. The van der Waals surface area contributed by atoms with Gasteiger partial charge in [-0.25, -0.2) is 8.78 Å². The number of hydrogen-bond donors (Lipinski definition) is 3. The fraction of sp³-hybridized carbons (Fsp3) is 0.300. The quantitative estimate of drug-likeness (QED) is 0.713. The largest absolute Gasteiger partial charge is 0.507 e. The predicted octanol–water partition coefficient (Wildman–Crippen LogP) is 1.35. The molecule has 4 nitrogen and oxygen atoms in total. The normalized spacial score (nSPS) is 12.5. The van der Waals surface area contributed by atoms with Crippen LogP contribution < -0.4 is 5.32 Å². The van der Waals surface area contributed by atoms with E-state index in [1.165, 1.54) is 12.1 Å². The predicted molar refractivity (Wildman–Crippen MR) is 65.2 cm³/mol. The third kappa shape index (κ3) is 4.08. The molecule has 0 aliphatic heterocycles. The molecule has 0 spiro atoms. The topological polar surface area (TPSA) is 69.6 Å². The summed E-state index contributed by atoms with van der Waals surface area (Å²) in [6.45, 7) is -0.568. The van der Waals surface area contributed by atoms with E-state index >= 15 is 0 Å². The number of nitrogens with one attached hydrogen (secondary N) is 1. The van der Waals surface area contributed by atoms with Gasteiger partial charge in [-0.3, -0.25) is 4.79 Å². The molecule has 0 radical (unpaired) electrons. The van der Waals surface area contributed by atoms with Crippen LogP contribution in [0.2, 0.25) is 0 Å². The van der Waals surface area contributed by atoms with E-state index in [4.69, 9.17) is 5.11 Å². The Morgan fingerprint density at radius 3 is 2.71 bits per heavy atom. The number of aliphatic hydroxyl groups excluding tert-OH is 1. The second-order valence-electron chi connectivity index (χ2n) is 3.27. The van der Waals surface area contributed by atoms with Crippen molar-refractivity contribution < 1.29 is 23.8 Å². The molecule has 7 heteroatoms. The van der Waals surface area contributed by atoms with Gasteiger partial charge >= 0.3 is 0 Å². The zero-order valence-electron chi connectivity index (χ0n) is 8.53. The number of benzene rings is 1. The Kier molecular flexibility index (Phi) is 5.06. The standard InChI is InChI=1S/C10H10F2INO3/c11-9(12)8(16)4-14-10(17)6-3-5(13)1-2-7(6)15/h1-3,8-9,15-16H,4H2,(H,14,17). The molecule has 0 aliphatic carbocycles. The molecule has 1 amide bonds. The molecular weight excluding hydrogens is 347 g/mol. The van der Waals surface area contributed by atoms with Crippen LogP contribution in [0.15, 0.2) is 18.2 Å². The number of hydrogen-bond acceptors (Lipinski definition) is 3. The first-order valence-electron chi connectivity index (χ1n) is 4.64. The second kappa shape index (κ2) is 6.10. The van der Waals surface area contributed by atoms with E-state index in [-0.39, 0.29) is 11.3 Å². The third-order valence-corrected chi connectivity index (χ3v) is 2.64. The van der Waals surface area contributed by atoms with E-state index in [2.05, 4.69) is 5.32 Å². The van der Waals surface area contributed by atoms with Gasteiger partial charge in [-0.15, -0.1) is 0 Å². The number of rotatable bonds is 4. The molecule has 0 saturated carbocycles. The van der Waals surface area contributed by atoms with Crippen LogP contribution in [-0.2, 0) is 0 Å². The van der Waals surface area contributed by atoms with Crippen molar-refractivity contribution in [2.45, 2.75) is 12.5 Å².